The van der Waals surface area contributed by atoms with Gasteiger partial charge >= 0.3 is 0 Å². The maximum absolute atomic E-state index is 11.1. The van der Waals surface area contributed by atoms with E-state index in [-0.39, 0.29) is 5.92 Å². The van der Waals surface area contributed by atoms with Crippen molar-refractivity contribution in [2.45, 2.75) is 19.4 Å². The molecular formula is C17H14ClN5OS. The number of nitrogens with two attached hydrogens (primary N) is 1. The summed E-state index contributed by atoms with van der Waals surface area (Å²) in [7, 11) is 0. The maximum atomic E-state index is 11.1. The van der Waals surface area contributed by atoms with Gasteiger partial charge < -0.3 is 5.73 Å². The molecule has 0 fully saturated rings. The van der Waals surface area contributed by atoms with E-state index < -0.39 is 5.91 Å². The summed E-state index contributed by atoms with van der Waals surface area (Å²) in [6.45, 7) is 2.64. The molecule has 0 radical (unpaired) electrons. The first-order valence-electron chi connectivity index (χ1n) is 7.46. The van der Waals surface area contributed by atoms with Crippen LogP contribution in [0.1, 0.15) is 33.9 Å². The standard InChI is InChI=1S/C17H14ClN5OS/c1-10(17-21-15(9-25-17)16(20)24)8-23-5-4-14(22-23)11-2-3-12(7-19)13(18)6-11/h2-6,9-10H,8H2,1H3,(H2,20,24). The predicted octanol–water partition coefficient (Wildman–Crippen LogP) is 3.43. The number of carbonyl (C=O) groups excluding carboxylic acids is 1. The van der Waals surface area contributed by atoms with Gasteiger partial charge in [0, 0.05) is 29.6 Å². The molecule has 3 aromatic rings. The van der Waals surface area contributed by atoms with Gasteiger partial charge in [-0.1, -0.05) is 24.6 Å². The van der Waals surface area contributed by atoms with Crippen molar-refractivity contribution in [3.05, 3.63) is 57.1 Å². The van der Waals surface area contributed by atoms with Gasteiger partial charge in [-0.05, 0) is 18.2 Å². The van der Waals surface area contributed by atoms with E-state index in [1.807, 2.05) is 36.0 Å². The number of thiazole rings is 1. The molecule has 2 aromatic heterocycles. The highest BCUT2D eigenvalue weighted by Crippen LogP contribution is 2.25. The fourth-order valence-corrected chi connectivity index (χ4v) is 3.45. The molecule has 0 aliphatic rings. The maximum Gasteiger partial charge on any atom is 0.268 e. The second-order valence-corrected chi connectivity index (χ2v) is 6.86. The van der Waals surface area contributed by atoms with E-state index in [0.29, 0.717) is 22.8 Å². The molecule has 3 rings (SSSR count). The van der Waals surface area contributed by atoms with Gasteiger partial charge in [0.2, 0.25) is 0 Å². The summed E-state index contributed by atoms with van der Waals surface area (Å²) in [5, 5.41) is 16.4. The number of primary amides is 1. The van der Waals surface area contributed by atoms with E-state index in [2.05, 4.69) is 10.1 Å². The molecule has 0 spiro atoms. The van der Waals surface area contributed by atoms with Crippen molar-refractivity contribution < 1.29 is 4.79 Å². The Morgan fingerprint density at radius 1 is 1.48 bits per heavy atom. The van der Waals surface area contributed by atoms with Crippen molar-refractivity contribution in [1.82, 2.24) is 14.8 Å². The molecule has 1 atom stereocenters. The van der Waals surface area contributed by atoms with E-state index in [1.165, 1.54) is 11.3 Å². The Kier molecular flexibility index (Phi) is 4.83. The smallest absolute Gasteiger partial charge is 0.268 e. The minimum absolute atomic E-state index is 0.0930. The number of hydrogen-bond donors (Lipinski definition) is 1. The van der Waals surface area contributed by atoms with Gasteiger partial charge in [-0.2, -0.15) is 10.4 Å². The molecule has 2 heterocycles. The second-order valence-electron chi connectivity index (χ2n) is 5.57. The van der Waals surface area contributed by atoms with Crippen LogP contribution in [0.5, 0.6) is 0 Å². The molecule has 1 amide bonds. The van der Waals surface area contributed by atoms with Crippen LogP contribution in [0.25, 0.3) is 11.3 Å². The van der Waals surface area contributed by atoms with Crippen molar-refractivity contribution in [2.75, 3.05) is 0 Å². The zero-order chi connectivity index (χ0) is 18.0. The van der Waals surface area contributed by atoms with Crippen LogP contribution in [0.4, 0.5) is 0 Å². The summed E-state index contributed by atoms with van der Waals surface area (Å²) in [6, 6.07) is 9.16. The van der Waals surface area contributed by atoms with Crippen LogP contribution in [0, 0.1) is 11.3 Å². The third kappa shape index (κ3) is 3.71. The van der Waals surface area contributed by atoms with E-state index >= 15 is 0 Å². The molecule has 1 unspecified atom stereocenters. The molecule has 0 aliphatic heterocycles. The molecule has 126 valence electrons. The topological polar surface area (TPSA) is 97.6 Å². The molecule has 6 nitrogen and oxygen atoms in total. The summed E-state index contributed by atoms with van der Waals surface area (Å²) in [5.41, 5.74) is 7.59. The number of hydrogen-bond acceptors (Lipinski definition) is 5. The van der Waals surface area contributed by atoms with E-state index in [1.54, 1.807) is 17.5 Å². The quantitative estimate of drug-likeness (QED) is 0.742. The molecular weight excluding hydrogens is 358 g/mol. The molecule has 2 N–H and O–H groups in total. The number of nitrogens with zero attached hydrogens (tertiary/aromatic N) is 4. The fraction of sp³-hybridized carbons (Fsp3) is 0.176. The van der Waals surface area contributed by atoms with Crippen LogP contribution >= 0.6 is 22.9 Å². The first-order chi connectivity index (χ1) is 12.0. The number of benzene rings is 1. The second kappa shape index (κ2) is 7.05. The minimum atomic E-state index is -0.520. The highest BCUT2D eigenvalue weighted by Gasteiger charge is 2.14. The lowest BCUT2D eigenvalue weighted by molar-refractivity contribution is 0.0996. The molecule has 0 saturated carbocycles. The summed E-state index contributed by atoms with van der Waals surface area (Å²) < 4.78 is 1.82. The summed E-state index contributed by atoms with van der Waals surface area (Å²) in [4.78, 5) is 15.4. The number of rotatable bonds is 5. The fourth-order valence-electron chi connectivity index (χ4n) is 2.37. The highest BCUT2D eigenvalue weighted by atomic mass is 35.5. The highest BCUT2D eigenvalue weighted by molar-refractivity contribution is 7.09. The van der Waals surface area contributed by atoms with Gasteiger partial charge in [-0.15, -0.1) is 11.3 Å². The van der Waals surface area contributed by atoms with Gasteiger partial charge in [-0.25, -0.2) is 4.98 Å². The lowest BCUT2D eigenvalue weighted by atomic mass is 10.1. The SMILES string of the molecule is CC(Cn1ccc(-c2ccc(C#N)c(Cl)c2)n1)c1nc(C(N)=O)cs1. The third-order valence-electron chi connectivity index (χ3n) is 3.68. The number of halogens is 1. The van der Waals surface area contributed by atoms with Crippen molar-refractivity contribution in [3.63, 3.8) is 0 Å². The van der Waals surface area contributed by atoms with E-state index in [9.17, 15) is 4.79 Å². The zero-order valence-corrected chi connectivity index (χ0v) is 14.9. The Morgan fingerprint density at radius 3 is 2.92 bits per heavy atom. The predicted molar refractivity (Wildman–Crippen MR) is 96.4 cm³/mol. The summed E-state index contributed by atoms with van der Waals surface area (Å²) in [6.07, 6.45) is 1.88. The molecule has 0 saturated heterocycles. The van der Waals surface area contributed by atoms with Crippen molar-refractivity contribution in [1.29, 1.82) is 5.26 Å². The van der Waals surface area contributed by atoms with Crippen LogP contribution in [0.15, 0.2) is 35.8 Å². The van der Waals surface area contributed by atoms with Gasteiger partial charge in [0.1, 0.15) is 11.8 Å². The molecule has 25 heavy (non-hydrogen) atoms. The van der Waals surface area contributed by atoms with Gasteiger partial charge in [0.25, 0.3) is 5.91 Å². The van der Waals surface area contributed by atoms with Crippen molar-refractivity contribution in [3.8, 4) is 17.3 Å². The Labute approximate surface area is 153 Å². The first kappa shape index (κ1) is 17.1. The first-order valence-corrected chi connectivity index (χ1v) is 8.72. The Morgan fingerprint density at radius 2 is 2.28 bits per heavy atom. The lowest BCUT2D eigenvalue weighted by Gasteiger charge is -2.08. The number of nitriles is 1. The Balaban J connectivity index is 1.76. The van der Waals surface area contributed by atoms with Crippen LogP contribution < -0.4 is 5.73 Å². The molecule has 0 aliphatic carbocycles. The molecule has 8 heteroatoms. The van der Waals surface area contributed by atoms with Crippen molar-refractivity contribution in [2.24, 2.45) is 5.73 Å². The molecule has 1 aromatic carbocycles. The summed E-state index contributed by atoms with van der Waals surface area (Å²) >= 11 is 7.49. The normalized spacial score (nSPS) is 11.9. The number of carbonyl (C=O) groups is 1. The number of amides is 1. The third-order valence-corrected chi connectivity index (χ3v) is 5.07. The monoisotopic (exact) mass is 371 g/mol. The summed E-state index contributed by atoms with van der Waals surface area (Å²) in [5.74, 6) is -0.427. The van der Waals surface area contributed by atoms with E-state index in [0.717, 1.165) is 16.3 Å². The van der Waals surface area contributed by atoms with Gasteiger partial charge in [0.15, 0.2) is 0 Å². The van der Waals surface area contributed by atoms with Crippen LogP contribution in [0.2, 0.25) is 5.02 Å². The van der Waals surface area contributed by atoms with Gasteiger partial charge in [0.05, 0.1) is 21.3 Å². The Bertz CT molecular complexity index is 972. The lowest BCUT2D eigenvalue weighted by Crippen LogP contribution is -2.12. The molecule has 0 bridgehead atoms. The Hall–Kier alpha value is -2.69. The number of aromatic nitrogens is 3. The van der Waals surface area contributed by atoms with Crippen LogP contribution in [0.3, 0.4) is 0 Å². The van der Waals surface area contributed by atoms with Crippen molar-refractivity contribution >= 4 is 28.8 Å². The average Bonchev–Trinajstić information content (AvgIpc) is 3.24. The largest absolute Gasteiger partial charge is 0.364 e. The van der Waals surface area contributed by atoms with Crippen LogP contribution in [-0.2, 0) is 6.54 Å². The average molecular weight is 372 g/mol. The van der Waals surface area contributed by atoms with Gasteiger partial charge in [-0.3, -0.25) is 9.48 Å². The minimum Gasteiger partial charge on any atom is -0.364 e. The van der Waals surface area contributed by atoms with E-state index in [4.69, 9.17) is 22.6 Å². The zero-order valence-electron chi connectivity index (χ0n) is 13.3. The van der Waals surface area contributed by atoms with Crippen LogP contribution in [-0.4, -0.2) is 20.7 Å².